The number of nitrogens with one attached hydrogen (secondary N) is 1. The normalized spacial score (nSPS) is 10.0. The van der Waals surface area contributed by atoms with Gasteiger partial charge in [-0.2, -0.15) is 0 Å². The molecule has 0 aliphatic carbocycles. The molecule has 2 rings (SSSR count). The lowest BCUT2D eigenvalue weighted by Gasteiger charge is -2.08. The first kappa shape index (κ1) is 11.8. The molecule has 1 heterocycles. The van der Waals surface area contributed by atoms with Gasteiger partial charge in [0.05, 0.1) is 5.56 Å². The lowest BCUT2D eigenvalue weighted by atomic mass is 10.1. The molecule has 0 atom stereocenters. The van der Waals surface area contributed by atoms with Crippen LogP contribution in [0.15, 0.2) is 47.2 Å². The summed E-state index contributed by atoms with van der Waals surface area (Å²) in [6, 6.07) is 9.10. The zero-order valence-electron chi connectivity index (χ0n) is 9.27. The molecule has 0 spiro atoms. The topological polar surface area (TPSA) is 42.0 Å². The van der Waals surface area contributed by atoms with Gasteiger partial charge >= 0.3 is 0 Å². The van der Waals surface area contributed by atoms with E-state index < -0.39 is 0 Å². The third kappa shape index (κ3) is 2.71. The molecule has 3 nitrogen and oxygen atoms in total. The molecule has 0 saturated carbocycles. The van der Waals surface area contributed by atoms with Crippen LogP contribution in [0.4, 0.5) is 5.69 Å². The van der Waals surface area contributed by atoms with E-state index in [1.54, 1.807) is 30.6 Å². The molecule has 0 saturated heterocycles. The monoisotopic (exact) mass is 290 g/mol. The molecule has 1 amide bonds. The highest BCUT2D eigenvalue weighted by molar-refractivity contribution is 9.10. The van der Waals surface area contributed by atoms with Gasteiger partial charge in [-0.15, -0.1) is 0 Å². The fraction of sp³-hybridized carbons (Fsp3) is 0.0769. The van der Waals surface area contributed by atoms with Crippen molar-refractivity contribution in [2.24, 2.45) is 0 Å². The van der Waals surface area contributed by atoms with Crippen LogP contribution < -0.4 is 5.32 Å². The zero-order valence-corrected chi connectivity index (χ0v) is 10.9. The summed E-state index contributed by atoms with van der Waals surface area (Å²) in [7, 11) is 0. The maximum absolute atomic E-state index is 12.0. The van der Waals surface area contributed by atoms with Crippen LogP contribution in [0.25, 0.3) is 0 Å². The predicted octanol–water partition coefficient (Wildman–Crippen LogP) is 3.40. The maximum atomic E-state index is 12.0. The lowest BCUT2D eigenvalue weighted by Crippen LogP contribution is -2.12. The van der Waals surface area contributed by atoms with Crippen molar-refractivity contribution in [3.8, 4) is 0 Å². The number of aryl methyl sites for hydroxylation is 1. The fourth-order valence-corrected chi connectivity index (χ4v) is 1.90. The number of pyridine rings is 1. The molecule has 4 heteroatoms. The lowest BCUT2D eigenvalue weighted by molar-refractivity contribution is 0.102. The number of anilines is 1. The first-order valence-corrected chi connectivity index (χ1v) is 5.94. The Labute approximate surface area is 108 Å². The standard InChI is InChI=1S/C13H11BrN2O/c1-9-3-2-4-11(12(9)14)13(17)16-10-5-7-15-8-6-10/h2-8H,1H3,(H,15,16,17). The van der Waals surface area contributed by atoms with Crippen LogP contribution in [-0.2, 0) is 0 Å². The van der Waals surface area contributed by atoms with Crippen LogP contribution >= 0.6 is 15.9 Å². The summed E-state index contributed by atoms with van der Waals surface area (Å²) in [5.74, 6) is -0.133. The van der Waals surface area contributed by atoms with Gasteiger partial charge in [-0.3, -0.25) is 9.78 Å². The van der Waals surface area contributed by atoms with E-state index in [1.165, 1.54) is 0 Å². The Morgan fingerprint density at radius 2 is 1.94 bits per heavy atom. The van der Waals surface area contributed by atoms with Gasteiger partial charge in [0.2, 0.25) is 0 Å². The Kier molecular flexibility index (Phi) is 3.54. The summed E-state index contributed by atoms with van der Waals surface area (Å²) >= 11 is 3.42. The molecule has 1 aromatic carbocycles. The smallest absolute Gasteiger partial charge is 0.256 e. The molecular formula is C13H11BrN2O. The molecular weight excluding hydrogens is 280 g/mol. The number of halogens is 1. The average molecular weight is 291 g/mol. The van der Waals surface area contributed by atoms with E-state index in [1.807, 2.05) is 19.1 Å². The SMILES string of the molecule is Cc1cccc(C(=O)Nc2ccncc2)c1Br. The number of benzene rings is 1. The van der Waals surface area contributed by atoms with Gasteiger partial charge in [0.15, 0.2) is 0 Å². The van der Waals surface area contributed by atoms with Gasteiger partial charge in [0.25, 0.3) is 5.91 Å². The van der Waals surface area contributed by atoms with Crippen LogP contribution in [0.3, 0.4) is 0 Å². The van der Waals surface area contributed by atoms with Crippen molar-refractivity contribution in [1.29, 1.82) is 0 Å². The third-order valence-corrected chi connectivity index (χ3v) is 3.43. The number of hydrogen-bond donors (Lipinski definition) is 1. The van der Waals surface area contributed by atoms with Crippen molar-refractivity contribution >= 4 is 27.5 Å². The van der Waals surface area contributed by atoms with Crippen LogP contribution in [-0.4, -0.2) is 10.9 Å². The highest BCUT2D eigenvalue weighted by Gasteiger charge is 2.11. The number of hydrogen-bond acceptors (Lipinski definition) is 2. The molecule has 0 aliphatic heterocycles. The first-order chi connectivity index (χ1) is 8.18. The minimum absolute atomic E-state index is 0.133. The van der Waals surface area contributed by atoms with Crippen LogP contribution in [0.1, 0.15) is 15.9 Å². The number of amides is 1. The molecule has 1 N–H and O–H groups in total. The summed E-state index contributed by atoms with van der Waals surface area (Å²) in [5, 5.41) is 2.82. The Bertz CT molecular complexity index is 540. The minimum atomic E-state index is -0.133. The summed E-state index contributed by atoms with van der Waals surface area (Å²) in [5.41, 5.74) is 2.40. The maximum Gasteiger partial charge on any atom is 0.256 e. The average Bonchev–Trinajstić information content (AvgIpc) is 2.34. The second-order valence-electron chi connectivity index (χ2n) is 3.63. The Balaban J connectivity index is 2.24. The van der Waals surface area contributed by atoms with E-state index in [2.05, 4.69) is 26.2 Å². The second kappa shape index (κ2) is 5.10. The number of nitrogens with zero attached hydrogens (tertiary/aromatic N) is 1. The number of rotatable bonds is 2. The zero-order chi connectivity index (χ0) is 12.3. The Hall–Kier alpha value is -1.68. The predicted molar refractivity (Wildman–Crippen MR) is 71.1 cm³/mol. The van der Waals surface area contributed by atoms with Crippen molar-refractivity contribution in [2.75, 3.05) is 5.32 Å². The van der Waals surface area contributed by atoms with E-state index in [0.717, 1.165) is 15.7 Å². The molecule has 0 aliphatic rings. The van der Waals surface area contributed by atoms with Crippen LogP contribution in [0.2, 0.25) is 0 Å². The molecule has 0 radical (unpaired) electrons. The summed E-state index contributed by atoms with van der Waals surface area (Å²) < 4.78 is 0.826. The van der Waals surface area contributed by atoms with Gasteiger partial charge in [-0.25, -0.2) is 0 Å². The highest BCUT2D eigenvalue weighted by atomic mass is 79.9. The quantitative estimate of drug-likeness (QED) is 0.921. The van der Waals surface area contributed by atoms with Gasteiger partial charge in [0, 0.05) is 22.6 Å². The minimum Gasteiger partial charge on any atom is -0.322 e. The molecule has 86 valence electrons. The fourth-order valence-electron chi connectivity index (χ4n) is 1.46. The van der Waals surface area contributed by atoms with Crippen molar-refractivity contribution < 1.29 is 4.79 Å². The molecule has 0 bridgehead atoms. The molecule has 0 fully saturated rings. The Morgan fingerprint density at radius 1 is 1.24 bits per heavy atom. The number of aromatic nitrogens is 1. The van der Waals surface area contributed by atoms with E-state index in [0.29, 0.717) is 5.56 Å². The van der Waals surface area contributed by atoms with E-state index in [-0.39, 0.29) is 5.91 Å². The largest absolute Gasteiger partial charge is 0.322 e. The van der Waals surface area contributed by atoms with Crippen LogP contribution in [0.5, 0.6) is 0 Å². The van der Waals surface area contributed by atoms with E-state index in [4.69, 9.17) is 0 Å². The summed E-state index contributed by atoms with van der Waals surface area (Å²) in [4.78, 5) is 15.9. The van der Waals surface area contributed by atoms with Crippen molar-refractivity contribution in [2.45, 2.75) is 6.92 Å². The summed E-state index contributed by atoms with van der Waals surface area (Å²) in [6.45, 7) is 1.95. The molecule has 1 aromatic heterocycles. The van der Waals surface area contributed by atoms with Crippen molar-refractivity contribution in [3.05, 3.63) is 58.3 Å². The van der Waals surface area contributed by atoms with Crippen molar-refractivity contribution in [1.82, 2.24) is 4.98 Å². The Morgan fingerprint density at radius 3 is 2.65 bits per heavy atom. The van der Waals surface area contributed by atoms with E-state index in [9.17, 15) is 4.79 Å². The van der Waals surface area contributed by atoms with Gasteiger partial charge < -0.3 is 5.32 Å². The van der Waals surface area contributed by atoms with Crippen molar-refractivity contribution in [3.63, 3.8) is 0 Å². The van der Waals surface area contributed by atoms with Gasteiger partial charge in [-0.1, -0.05) is 12.1 Å². The van der Waals surface area contributed by atoms with E-state index >= 15 is 0 Å². The molecule has 2 aromatic rings. The number of carbonyl (C=O) groups is 1. The highest BCUT2D eigenvalue weighted by Crippen LogP contribution is 2.21. The molecule has 17 heavy (non-hydrogen) atoms. The van der Waals surface area contributed by atoms with Crippen LogP contribution in [0, 0.1) is 6.92 Å². The number of carbonyl (C=O) groups excluding carboxylic acids is 1. The van der Waals surface area contributed by atoms with Gasteiger partial charge in [-0.05, 0) is 46.6 Å². The first-order valence-electron chi connectivity index (χ1n) is 5.15. The van der Waals surface area contributed by atoms with Gasteiger partial charge in [0.1, 0.15) is 0 Å². The summed E-state index contributed by atoms with van der Waals surface area (Å²) in [6.07, 6.45) is 3.28. The second-order valence-corrected chi connectivity index (χ2v) is 4.42. The molecule has 0 unspecified atom stereocenters. The third-order valence-electron chi connectivity index (χ3n) is 2.37.